The average molecular weight is 279 g/mol. The van der Waals surface area contributed by atoms with E-state index in [4.69, 9.17) is 11.5 Å². The normalized spacial score (nSPS) is 19.6. The number of anilines is 1. The Hall–Kier alpha value is -2.12. The number of benzene rings is 1. The molecule has 1 aliphatic heterocycles. The summed E-state index contributed by atoms with van der Waals surface area (Å²) in [4.78, 5) is 23.6. The minimum absolute atomic E-state index is 0.0496. The van der Waals surface area contributed by atoms with Gasteiger partial charge < -0.3 is 21.7 Å². The molecule has 0 aliphatic carbocycles. The van der Waals surface area contributed by atoms with Crippen molar-refractivity contribution in [3.05, 3.63) is 29.3 Å². The predicted octanol–water partition coefficient (Wildman–Crippen LogP) is -0.206. The maximum atomic E-state index is 11.3. The molecule has 2 atom stereocenters. The topological polar surface area (TPSA) is 130 Å². The molecule has 2 rings (SSSR count). The van der Waals surface area contributed by atoms with Crippen molar-refractivity contribution in [3.8, 4) is 0 Å². The zero-order valence-electron chi connectivity index (χ0n) is 10.8. The first kappa shape index (κ1) is 14.3. The van der Waals surface area contributed by atoms with Crippen molar-refractivity contribution < 1.29 is 19.8 Å². The molecule has 7 nitrogen and oxygen atoms in total. The van der Waals surface area contributed by atoms with Gasteiger partial charge in [0, 0.05) is 24.2 Å². The zero-order chi connectivity index (χ0) is 14.9. The van der Waals surface area contributed by atoms with Crippen molar-refractivity contribution in [2.24, 2.45) is 5.73 Å². The van der Waals surface area contributed by atoms with Crippen molar-refractivity contribution in [2.45, 2.75) is 31.7 Å². The fourth-order valence-corrected chi connectivity index (χ4v) is 2.49. The van der Waals surface area contributed by atoms with Crippen molar-refractivity contribution in [3.63, 3.8) is 0 Å². The number of rotatable bonds is 5. The van der Waals surface area contributed by atoms with Gasteiger partial charge in [0.15, 0.2) is 0 Å². The van der Waals surface area contributed by atoms with Crippen LogP contribution in [0.3, 0.4) is 0 Å². The minimum Gasteiger partial charge on any atom is -0.480 e. The number of nitrogen functional groups attached to an aromatic ring is 1. The molecule has 0 fully saturated rings. The summed E-state index contributed by atoms with van der Waals surface area (Å²) in [6.07, 6.45) is -1.04. The number of amides is 1. The van der Waals surface area contributed by atoms with Crippen LogP contribution in [0.4, 0.5) is 5.69 Å². The third-order valence-electron chi connectivity index (χ3n) is 3.53. The molecule has 0 aromatic heterocycles. The number of nitrogens with two attached hydrogens (primary N) is 2. The van der Waals surface area contributed by atoms with Crippen LogP contribution in [-0.2, 0) is 16.1 Å². The molecule has 0 radical (unpaired) electrons. The molecule has 7 heteroatoms. The maximum Gasteiger partial charge on any atom is 0.321 e. The number of hydrogen-bond acceptors (Lipinski definition) is 5. The number of nitrogens with zero attached hydrogens (tertiary/aromatic N) is 1. The number of aliphatic carboxylic acids is 1. The van der Waals surface area contributed by atoms with E-state index >= 15 is 0 Å². The molecule has 20 heavy (non-hydrogen) atoms. The van der Waals surface area contributed by atoms with Crippen LogP contribution in [0.25, 0.3) is 0 Å². The van der Waals surface area contributed by atoms with E-state index in [1.807, 2.05) is 0 Å². The molecule has 0 saturated carbocycles. The van der Waals surface area contributed by atoms with Crippen LogP contribution in [-0.4, -0.2) is 33.0 Å². The van der Waals surface area contributed by atoms with Gasteiger partial charge in [0.2, 0.25) is 5.91 Å². The summed E-state index contributed by atoms with van der Waals surface area (Å²) in [5.41, 5.74) is 12.7. The van der Waals surface area contributed by atoms with E-state index in [1.54, 1.807) is 18.2 Å². The van der Waals surface area contributed by atoms with Gasteiger partial charge in [-0.1, -0.05) is 12.1 Å². The van der Waals surface area contributed by atoms with Gasteiger partial charge in [0.05, 0.1) is 0 Å². The highest BCUT2D eigenvalue weighted by molar-refractivity contribution is 5.77. The summed E-state index contributed by atoms with van der Waals surface area (Å²) in [7, 11) is 0. The highest BCUT2D eigenvalue weighted by Gasteiger charge is 2.37. The van der Waals surface area contributed by atoms with Crippen LogP contribution in [0.2, 0.25) is 0 Å². The Morgan fingerprint density at radius 1 is 1.45 bits per heavy atom. The van der Waals surface area contributed by atoms with Gasteiger partial charge in [-0.15, -0.1) is 0 Å². The van der Waals surface area contributed by atoms with Crippen LogP contribution < -0.4 is 11.5 Å². The molecule has 1 amide bonds. The zero-order valence-corrected chi connectivity index (χ0v) is 10.8. The van der Waals surface area contributed by atoms with Crippen molar-refractivity contribution in [2.75, 3.05) is 5.73 Å². The first-order chi connectivity index (χ1) is 9.41. The van der Waals surface area contributed by atoms with Gasteiger partial charge in [0.25, 0.3) is 0 Å². The number of carbonyl (C=O) groups excluding carboxylic acids is 1. The smallest absolute Gasteiger partial charge is 0.321 e. The number of carboxylic acid groups (broad SMARTS) is 1. The standard InChI is InChI=1S/C13H17N3O4/c14-9-3-1-2-7-8(9)6-16(12(7)18)10(13(19)20)4-5-11(15)17/h1-3,10,12,18H,4-6,14H2,(H2,15,17)(H,19,20). The second-order valence-electron chi connectivity index (χ2n) is 4.82. The van der Waals surface area contributed by atoms with E-state index in [0.29, 0.717) is 11.3 Å². The number of carboxylic acids is 1. The van der Waals surface area contributed by atoms with Gasteiger partial charge in [-0.25, -0.2) is 0 Å². The molecular formula is C13H17N3O4. The Morgan fingerprint density at radius 3 is 2.70 bits per heavy atom. The summed E-state index contributed by atoms with van der Waals surface area (Å²) in [5, 5.41) is 19.5. The van der Waals surface area contributed by atoms with E-state index in [2.05, 4.69) is 0 Å². The molecule has 0 spiro atoms. The van der Waals surface area contributed by atoms with Crippen LogP contribution in [0.5, 0.6) is 0 Å². The Bertz CT molecular complexity index is 546. The molecule has 1 heterocycles. The van der Waals surface area contributed by atoms with E-state index in [0.717, 1.165) is 5.56 Å². The maximum absolute atomic E-state index is 11.3. The molecular weight excluding hydrogens is 262 g/mol. The fraction of sp³-hybridized carbons (Fsp3) is 0.385. The third-order valence-corrected chi connectivity index (χ3v) is 3.53. The van der Waals surface area contributed by atoms with Crippen LogP contribution in [0.15, 0.2) is 18.2 Å². The highest BCUT2D eigenvalue weighted by atomic mass is 16.4. The molecule has 0 saturated heterocycles. The lowest BCUT2D eigenvalue weighted by molar-refractivity contribution is -0.149. The quantitative estimate of drug-likeness (QED) is 0.552. The van der Waals surface area contributed by atoms with E-state index in [9.17, 15) is 19.8 Å². The van der Waals surface area contributed by atoms with Gasteiger partial charge in [-0.05, 0) is 18.1 Å². The third kappa shape index (κ3) is 2.59. The monoisotopic (exact) mass is 279 g/mol. The summed E-state index contributed by atoms with van der Waals surface area (Å²) in [6, 6.07) is 4.14. The van der Waals surface area contributed by atoms with Crippen LogP contribution in [0, 0.1) is 0 Å². The van der Waals surface area contributed by atoms with E-state index < -0.39 is 24.1 Å². The SMILES string of the molecule is NC(=O)CCC(C(=O)O)N1Cc2c(N)cccc2C1O. The molecule has 0 bridgehead atoms. The molecule has 108 valence electrons. The molecule has 1 aromatic carbocycles. The van der Waals surface area contributed by atoms with E-state index in [1.165, 1.54) is 4.90 Å². The lowest BCUT2D eigenvalue weighted by Gasteiger charge is -2.27. The average Bonchev–Trinajstić information content (AvgIpc) is 2.69. The van der Waals surface area contributed by atoms with Gasteiger partial charge >= 0.3 is 5.97 Å². The van der Waals surface area contributed by atoms with Crippen molar-refractivity contribution in [1.82, 2.24) is 4.90 Å². The van der Waals surface area contributed by atoms with Crippen LogP contribution in [0.1, 0.15) is 30.2 Å². The van der Waals surface area contributed by atoms with Gasteiger partial charge in [-0.2, -0.15) is 0 Å². The van der Waals surface area contributed by atoms with Gasteiger partial charge in [0.1, 0.15) is 12.3 Å². The van der Waals surface area contributed by atoms with Gasteiger partial charge in [-0.3, -0.25) is 14.5 Å². The van der Waals surface area contributed by atoms with E-state index in [-0.39, 0.29) is 19.4 Å². The number of hydrogen-bond donors (Lipinski definition) is 4. The summed E-state index contributed by atoms with van der Waals surface area (Å²) in [5.74, 6) is -1.67. The number of aliphatic hydroxyl groups excluding tert-OH is 1. The largest absolute Gasteiger partial charge is 0.480 e. The van der Waals surface area contributed by atoms with Crippen LogP contribution >= 0.6 is 0 Å². The lowest BCUT2D eigenvalue weighted by atomic mass is 10.1. The molecule has 2 unspecified atom stereocenters. The Labute approximate surface area is 115 Å². The molecule has 6 N–H and O–H groups in total. The number of aliphatic hydroxyl groups is 1. The Morgan fingerprint density at radius 2 is 2.15 bits per heavy atom. The Balaban J connectivity index is 2.23. The first-order valence-electron chi connectivity index (χ1n) is 6.24. The lowest BCUT2D eigenvalue weighted by Crippen LogP contribution is -2.40. The minimum atomic E-state index is -1.10. The van der Waals surface area contributed by atoms with Crippen molar-refractivity contribution in [1.29, 1.82) is 0 Å². The fourth-order valence-electron chi connectivity index (χ4n) is 2.49. The summed E-state index contributed by atoms with van der Waals surface area (Å²) < 4.78 is 0. The number of fused-ring (bicyclic) bond motifs is 1. The predicted molar refractivity (Wildman–Crippen MR) is 71.2 cm³/mol. The number of carbonyl (C=O) groups is 2. The summed E-state index contributed by atoms with van der Waals surface area (Å²) >= 11 is 0. The Kier molecular flexibility index (Phi) is 3.91. The first-order valence-corrected chi connectivity index (χ1v) is 6.24. The summed E-state index contributed by atoms with van der Waals surface area (Å²) in [6.45, 7) is 0.235. The highest BCUT2D eigenvalue weighted by Crippen LogP contribution is 2.37. The molecule has 1 aliphatic rings. The second-order valence-corrected chi connectivity index (χ2v) is 4.82. The van der Waals surface area contributed by atoms with Crippen molar-refractivity contribution >= 4 is 17.6 Å². The number of primary amides is 1. The second kappa shape index (κ2) is 5.48. The molecule has 1 aromatic rings.